The molecule has 0 aliphatic carbocycles. The fourth-order valence-corrected chi connectivity index (χ4v) is 2.86. The first-order chi connectivity index (χ1) is 7.92. The number of phenols is 1. The molecule has 5 heteroatoms. The highest BCUT2D eigenvalue weighted by atomic mass is 32.2. The zero-order valence-corrected chi connectivity index (χ0v) is 10.7. The molecule has 0 saturated heterocycles. The first-order valence-electron chi connectivity index (χ1n) is 5.40. The summed E-state index contributed by atoms with van der Waals surface area (Å²) in [5.41, 5.74) is 1.44. The van der Waals surface area contributed by atoms with Crippen LogP contribution in [-0.2, 0) is 22.1 Å². The minimum Gasteiger partial charge on any atom is -0.506 e. The highest BCUT2D eigenvalue weighted by Crippen LogP contribution is 2.29. The van der Waals surface area contributed by atoms with Crippen LogP contribution in [0.5, 0.6) is 5.75 Å². The van der Waals surface area contributed by atoms with Crippen LogP contribution in [0.15, 0.2) is 24.4 Å². The van der Waals surface area contributed by atoms with Gasteiger partial charge in [-0.05, 0) is 18.6 Å². The lowest BCUT2D eigenvalue weighted by atomic mass is 10.2. The third-order valence-corrected chi connectivity index (χ3v) is 3.55. The van der Waals surface area contributed by atoms with E-state index in [0.717, 1.165) is 10.9 Å². The lowest BCUT2D eigenvalue weighted by Gasteiger charge is -2.01. The zero-order valence-electron chi connectivity index (χ0n) is 9.84. The van der Waals surface area contributed by atoms with Crippen molar-refractivity contribution >= 4 is 20.7 Å². The maximum Gasteiger partial charge on any atom is 0.151 e. The van der Waals surface area contributed by atoms with Gasteiger partial charge in [-0.25, -0.2) is 8.42 Å². The van der Waals surface area contributed by atoms with E-state index in [-0.39, 0.29) is 11.5 Å². The summed E-state index contributed by atoms with van der Waals surface area (Å²) in [7, 11) is -3.07. The first kappa shape index (κ1) is 12.0. The molecule has 0 radical (unpaired) electrons. The van der Waals surface area contributed by atoms with Gasteiger partial charge < -0.3 is 9.67 Å². The van der Waals surface area contributed by atoms with Gasteiger partial charge in [-0.15, -0.1) is 0 Å². The number of hydrogen-bond acceptors (Lipinski definition) is 3. The highest BCUT2D eigenvalue weighted by molar-refractivity contribution is 7.89. The standard InChI is InChI=1S/C12H15NO3S/c1-3-13-7-9(8-17(2,15)16)10-5-4-6-11(14)12(10)13/h4-7,14H,3,8H2,1-2H3. The van der Waals surface area contributed by atoms with Crippen molar-refractivity contribution in [3.8, 4) is 5.75 Å². The Kier molecular flexibility index (Phi) is 2.87. The van der Waals surface area contributed by atoms with Crippen molar-refractivity contribution in [2.75, 3.05) is 6.26 Å². The van der Waals surface area contributed by atoms with Gasteiger partial charge in [0.2, 0.25) is 0 Å². The Hall–Kier alpha value is -1.49. The first-order valence-corrected chi connectivity index (χ1v) is 7.46. The maximum absolute atomic E-state index is 11.4. The van der Waals surface area contributed by atoms with E-state index >= 15 is 0 Å². The third kappa shape index (κ3) is 2.29. The normalized spacial score (nSPS) is 12.1. The lowest BCUT2D eigenvalue weighted by Crippen LogP contribution is -2.00. The summed E-state index contributed by atoms with van der Waals surface area (Å²) in [5, 5.41) is 10.6. The molecule has 0 fully saturated rings. The number of benzene rings is 1. The van der Waals surface area contributed by atoms with Crippen LogP contribution in [0.4, 0.5) is 0 Å². The largest absolute Gasteiger partial charge is 0.506 e. The second-order valence-electron chi connectivity index (χ2n) is 4.18. The van der Waals surface area contributed by atoms with Crippen molar-refractivity contribution in [1.29, 1.82) is 0 Å². The summed E-state index contributed by atoms with van der Waals surface area (Å²) in [6.07, 6.45) is 3.01. The van der Waals surface area contributed by atoms with Gasteiger partial charge >= 0.3 is 0 Å². The van der Waals surface area contributed by atoms with Gasteiger partial charge in [-0.3, -0.25) is 0 Å². The monoisotopic (exact) mass is 253 g/mol. The van der Waals surface area contributed by atoms with Crippen LogP contribution in [0.3, 0.4) is 0 Å². The van der Waals surface area contributed by atoms with E-state index in [0.29, 0.717) is 12.1 Å². The van der Waals surface area contributed by atoms with Crippen molar-refractivity contribution < 1.29 is 13.5 Å². The van der Waals surface area contributed by atoms with E-state index in [9.17, 15) is 13.5 Å². The molecule has 1 heterocycles. The molecule has 0 bridgehead atoms. The average Bonchev–Trinajstić information content (AvgIpc) is 2.56. The van der Waals surface area contributed by atoms with E-state index in [1.807, 2.05) is 17.6 Å². The molecular weight excluding hydrogens is 238 g/mol. The Bertz CT molecular complexity index is 656. The van der Waals surface area contributed by atoms with Crippen LogP contribution in [0.25, 0.3) is 10.9 Å². The van der Waals surface area contributed by atoms with Crippen LogP contribution in [-0.4, -0.2) is 24.3 Å². The smallest absolute Gasteiger partial charge is 0.151 e. The fourth-order valence-electron chi connectivity index (χ4n) is 2.06. The zero-order chi connectivity index (χ0) is 12.6. The number of hydrogen-bond donors (Lipinski definition) is 1. The minimum absolute atomic E-state index is 0.0000463. The topological polar surface area (TPSA) is 59.3 Å². The predicted octanol–water partition coefficient (Wildman–Crippen LogP) is 1.91. The van der Waals surface area contributed by atoms with Gasteiger partial charge in [0.05, 0.1) is 11.3 Å². The van der Waals surface area contributed by atoms with Crippen LogP contribution in [0.1, 0.15) is 12.5 Å². The Morgan fingerprint density at radius 1 is 1.35 bits per heavy atom. The van der Waals surface area contributed by atoms with Gasteiger partial charge in [0, 0.05) is 24.4 Å². The summed E-state index contributed by atoms with van der Waals surface area (Å²) in [4.78, 5) is 0. The molecule has 17 heavy (non-hydrogen) atoms. The van der Waals surface area contributed by atoms with Crippen LogP contribution in [0.2, 0.25) is 0 Å². The minimum atomic E-state index is -3.07. The summed E-state index contributed by atoms with van der Waals surface area (Å²) < 4.78 is 24.6. The molecule has 1 aromatic heterocycles. The van der Waals surface area contributed by atoms with Gasteiger partial charge in [-0.2, -0.15) is 0 Å². The summed E-state index contributed by atoms with van der Waals surface area (Å²) >= 11 is 0. The number of rotatable bonds is 3. The molecule has 0 amide bonds. The number of aryl methyl sites for hydroxylation is 1. The molecule has 2 aromatic rings. The summed E-state index contributed by atoms with van der Waals surface area (Å²) in [6, 6.07) is 5.17. The Morgan fingerprint density at radius 3 is 2.65 bits per heavy atom. The number of para-hydroxylation sites is 1. The van der Waals surface area contributed by atoms with Gasteiger partial charge in [0.25, 0.3) is 0 Å². The Labute approximate surface area is 100 Å². The summed E-state index contributed by atoms with van der Waals surface area (Å²) in [5.74, 6) is 0.184. The molecule has 2 rings (SSSR count). The molecule has 0 aliphatic rings. The third-order valence-electron chi connectivity index (χ3n) is 2.72. The average molecular weight is 253 g/mol. The molecule has 0 aliphatic heterocycles. The lowest BCUT2D eigenvalue weighted by molar-refractivity contribution is 0.478. The maximum atomic E-state index is 11.4. The van der Waals surface area contributed by atoms with Gasteiger partial charge in [-0.1, -0.05) is 12.1 Å². The molecular formula is C12H15NO3S. The van der Waals surface area contributed by atoms with E-state index in [2.05, 4.69) is 0 Å². The summed E-state index contributed by atoms with van der Waals surface area (Å²) in [6.45, 7) is 2.65. The number of fused-ring (bicyclic) bond motifs is 1. The number of aromatic nitrogens is 1. The molecule has 0 unspecified atom stereocenters. The second-order valence-corrected chi connectivity index (χ2v) is 6.32. The number of phenolic OH excluding ortho intramolecular Hbond substituents is 1. The van der Waals surface area contributed by atoms with E-state index in [1.165, 1.54) is 6.26 Å². The predicted molar refractivity (Wildman–Crippen MR) is 67.8 cm³/mol. The molecule has 0 atom stereocenters. The SMILES string of the molecule is CCn1cc(CS(C)(=O)=O)c2cccc(O)c21. The highest BCUT2D eigenvalue weighted by Gasteiger charge is 2.14. The van der Waals surface area contributed by atoms with E-state index in [4.69, 9.17) is 0 Å². The Morgan fingerprint density at radius 2 is 2.06 bits per heavy atom. The van der Waals surface area contributed by atoms with Crippen molar-refractivity contribution in [2.24, 2.45) is 0 Å². The van der Waals surface area contributed by atoms with Crippen molar-refractivity contribution in [2.45, 2.75) is 19.2 Å². The number of aromatic hydroxyl groups is 1. The van der Waals surface area contributed by atoms with Crippen LogP contribution >= 0.6 is 0 Å². The quantitative estimate of drug-likeness (QED) is 0.909. The molecule has 92 valence electrons. The molecule has 1 aromatic carbocycles. The molecule has 1 N–H and O–H groups in total. The second kappa shape index (κ2) is 4.07. The van der Waals surface area contributed by atoms with Crippen LogP contribution < -0.4 is 0 Å². The van der Waals surface area contributed by atoms with Crippen LogP contribution in [0, 0.1) is 0 Å². The molecule has 0 saturated carbocycles. The van der Waals surface area contributed by atoms with Crippen molar-refractivity contribution in [3.05, 3.63) is 30.0 Å². The number of sulfone groups is 1. The fraction of sp³-hybridized carbons (Fsp3) is 0.333. The van der Waals surface area contributed by atoms with Crippen molar-refractivity contribution in [3.63, 3.8) is 0 Å². The van der Waals surface area contributed by atoms with Gasteiger partial charge in [0.1, 0.15) is 5.75 Å². The van der Waals surface area contributed by atoms with Gasteiger partial charge in [0.15, 0.2) is 9.84 Å². The molecule has 4 nitrogen and oxygen atoms in total. The van der Waals surface area contributed by atoms with Crippen molar-refractivity contribution in [1.82, 2.24) is 4.57 Å². The van der Waals surface area contributed by atoms with E-state index < -0.39 is 9.84 Å². The molecule has 0 spiro atoms. The number of nitrogens with zero attached hydrogens (tertiary/aromatic N) is 1. The van der Waals surface area contributed by atoms with E-state index in [1.54, 1.807) is 18.3 Å². The Balaban J connectivity index is 2.70.